The summed E-state index contributed by atoms with van der Waals surface area (Å²) in [5, 5.41) is 15.2. The Morgan fingerprint density at radius 1 is 1.52 bits per heavy atom. The number of aromatic nitrogens is 5. The lowest BCUT2D eigenvalue weighted by Gasteiger charge is -2.40. The molecule has 1 saturated heterocycles. The first-order chi connectivity index (χ1) is 11.3. The molecule has 1 N–H and O–H groups in total. The van der Waals surface area contributed by atoms with Crippen LogP contribution in [-0.2, 0) is 17.8 Å². The predicted octanol–water partition coefficient (Wildman–Crippen LogP) is 0.940. The molecule has 8 heteroatoms. The van der Waals surface area contributed by atoms with Crippen LogP contribution in [0.5, 0.6) is 0 Å². The van der Waals surface area contributed by atoms with Gasteiger partial charge in [0.2, 0.25) is 0 Å². The smallest absolute Gasteiger partial charge is 0.274 e. The number of fused-ring (bicyclic) bond motifs is 3. The topological polar surface area (TPSA) is 88.9 Å². The summed E-state index contributed by atoms with van der Waals surface area (Å²) in [4.78, 5) is 14.5. The minimum Gasteiger partial charge on any atom is -0.368 e. The minimum atomic E-state index is -0.0324. The first kappa shape index (κ1) is 14.4. The molecule has 23 heavy (non-hydrogen) atoms. The van der Waals surface area contributed by atoms with Crippen LogP contribution in [0.2, 0.25) is 0 Å². The average molecular weight is 316 g/mol. The summed E-state index contributed by atoms with van der Waals surface area (Å²) >= 11 is 0. The number of ether oxygens (including phenoxy) is 1. The highest BCUT2D eigenvalue weighted by Crippen LogP contribution is 2.30. The third-order valence-electron chi connectivity index (χ3n) is 4.59. The molecule has 0 aromatic carbocycles. The Morgan fingerprint density at radius 3 is 3.30 bits per heavy atom. The van der Waals surface area contributed by atoms with Crippen molar-refractivity contribution < 1.29 is 9.53 Å². The van der Waals surface area contributed by atoms with E-state index in [0.29, 0.717) is 25.4 Å². The summed E-state index contributed by atoms with van der Waals surface area (Å²) in [6, 6.07) is 2.02. The van der Waals surface area contributed by atoms with Gasteiger partial charge in [-0.2, -0.15) is 5.10 Å². The van der Waals surface area contributed by atoms with Crippen LogP contribution in [0, 0.1) is 0 Å². The van der Waals surface area contributed by atoms with Crippen molar-refractivity contribution in [2.45, 2.75) is 44.9 Å². The largest absolute Gasteiger partial charge is 0.368 e. The Balaban J connectivity index is 1.47. The Morgan fingerprint density at radius 2 is 2.43 bits per heavy atom. The molecule has 1 amide bonds. The van der Waals surface area contributed by atoms with Gasteiger partial charge in [0, 0.05) is 18.8 Å². The standard InChI is InChI=1S/C15H20N6O2/c1-2-3-10-6-12(18-17-10)15(22)20-5-4-13-14(8-20)23-9-11-7-16-19-21(11)13/h6-7,13-14H,2-5,8-9H2,1H3,(H,17,18)/t13-,14-/m0/s1. The van der Waals surface area contributed by atoms with Crippen LogP contribution in [0.25, 0.3) is 0 Å². The maximum atomic E-state index is 12.6. The first-order valence-corrected chi connectivity index (χ1v) is 8.10. The molecular formula is C15H20N6O2. The van der Waals surface area contributed by atoms with E-state index in [9.17, 15) is 4.79 Å². The second-order valence-corrected chi connectivity index (χ2v) is 6.15. The van der Waals surface area contributed by atoms with Crippen molar-refractivity contribution in [1.29, 1.82) is 0 Å². The van der Waals surface area contributed by atoms with E-state index in [4.69, 9.17) is 4.74 Å². The van der Waals surface area contributed by atoms with E-state index < -0.39 is 0 Å². The molecule has 0 aliphatic carbocycles. The van der Waals surface area contributed by atoms with Crippen molar-refractivity contribution in [2.24, 2.45) is 0 Å². The molecule has 2 aliphatic heterocycles. The van der Waals surface area contributed by atoms with Crippen LogP contribution in [-0.4, -0.2) is 55.2 Å². The lowest BCUT2D eigenvalue weighted by atomic mass is 10.00. The molecule has 0 bridgehead atoms. The molecule has 0 spiro atoms. The number of amides is 1. The quantitative estimate of drug-likeness (QED) is 0.910. The number of nitrogens with zero attached hydrogens (tertiary/aromatic N) is 5. The highest BCUT2D eigenvalue weighted by Gasteiger charge is 2.38. The molecule has 4 heterocycles. The third kappa shape index (κ3) is 2.52. The zero-order valence-corrected chi connectivity index (χ0v) is 13.1. The SMILES string of the molecule is CCCc1cc(C(=O)N2CC[C@H]3[C@H](C2)OCc2cnnn23)n[nH]1. The van der Waals surface area contributed by atoms with E-state index >= 15 is 0 Å². The summed E-state index contributed by atoms with van der Waals surface area (Å²) in [7, 11) is 0. The van der Waals surface area contributed by atoms with Gasteiger partial charge in [0.15, 0.2) is 0 Å². The Bertz CT molecular complexity index is 708. The average Bonchev–Trinajstić information content (AvgIpc) is 3.23. The van der Waals surface area contributed by atoms with Gasteiger partial charge in [0.1, 0.15) is 5.69 Å². The zero-order chi connectivity index (χ0) is 15.8. The second kappa shape index (κ2) is 5.77. The number of carbonyl (C=O) groups excluding carboxylic acids is 1. The Labute approximate surface area is 133 Å². The minimum absolute atomic E-state index is 0.0315. The van der Waals surface area contributed by atoms with Gasteiger partial charge in [0.05, 0.1) is 30.6 Å². The van der Waals surface area contributed by atoms with E-state index in [-0.39, 0.29) is 18.1 Å². The van der Waals surface area contributed by atoms with Crippen molar-refractivity contribution >= 4 is 5.91 Å². The maximum absolute atomic E-state index is 12.6. The fourth-order valence-electron chi connectivity index (χ4n) is 3.40. The van der Waals surface area contributed by atoms with Crippen LogP contribution in [0.1, 0.15) is 47.7 Å². The van der Waals surface area contributed by atoms with Crippen molar-refractivity contribution in [3.8, 4) is 0 Å². The summed E-state index contributed by atoms with van der Waals surface area (Å²) < 4.78 is 7.85. The fourth-order valence-corrected chi connectivity index (χ4v) is 3.40. The molecule has 2 aliphatic rings. The molecule has 8 nitrogen and oxygen atoms in total. The molecule has 1 fully saturated rings. The Kier molecular flexibility index (Phi) is 3.60. The third-order valence-corrected chi connectivity index (χ3v) is 4.59. The fraction of sp³-hybridized carbons (Fsp3) is 0.600. The number of rotatable bonds is 3. The molecule has 122 valence electrons. The highest BCUT2D eigenvalue weighted by molar-refractivity contribution is 5.92. The van der Waals surface area contributed by atoms with Crippen molar-refractivity contribution in [3.63, 3.8) is 0 Å². The van der Waals surface area contributed by atoms with E-state index in [1.54, 1.807) is 6.20 Å². The number of carbonyl (C=O) groups is 1. The number of likely N-dealkylation sites (tertiary alicyclic amines) is 1. The number of hydrogen-bond donors (Lipinski definition) is 1. The lowest BCUT2D eigenvalue weighted by Crippen LogP contribution is -2.50. The number of aromatic amines is 1. The number of hydrogen-bond acceptors (Lipinski definition) is 5. The van der Waals surface area contributed by atoms with Crippen LogP contribution in [0.3, 0.4) is 0 Å². The van der Waals surface area contributed by atoms with Crippen LogP contribution in [0.15, 0.2) is 12.3 Å². The van der Waals surface area contributed by atoms with Crippen molar-refractivity contribution in [1.82, 2.24) is 30.1 Å². The molecule has 2 atom stereocenters. The van der Waals surface area contributed by atoms with E-state index in [1.165, 1.54) is 0 Å². The lowest BCUT2D eigenvalue weighted by molar-refractivity contribution is -0.0628. The molecule has 2 aromatic rings. The van der Waals surface area contributed by atoms with Gasteiger partial charge in [-0.05, 0) is 18.9 Å². The molecule has 4 rings (SSSR count). The summed E-state index contributed by atoms with van der Waals surface area (Å²) in [6.45, 7) is 3.85. The number of piperidine rings is 1. The van der Waals surface area contributed by atoms with Gasteiger partial charge in [-0.1, -0.05) is 18.6 Å². The molecule has 0 radical (unpaired) electrons. The van der Waals surface area contributed by atoms with E-state index in [0.717, 1.165) is 30.7 Å². The molecular weight excluding hydrogens is 296 g/mol. The van der Waals surface area contributed by atoms with Crippen molar-refractivity contribution in [3.05, 3.63) is 29.3 Å². The summed E-state index contributed by atoms with van der Waals surface area (Å²) in [5.74, 6) is -0.0324. The Hall–Kier alpha value is -2.22. The van der Waals surface area contributed by atoms with Crippen LogP contribution >= 0.6 is 0 Å². The van der Waals surface area contributed by atoms with Gasteiger partial charge in [0.25, 0.3) is 5.91 Å². The van der Waals surface area contributed by atoms with Gasteiger partial charge >= 0.3 is 0 Å². The van der Waals surface area contributed by atoms with Gasteiger partial charge < -0.3 is 9.64 Å². The van der Waals surface area contributed by atoms with Crippen LogP contribution in [0.4, 0.5) is 0 Å². The monoisotopic (exact) mass is 316 g/mol. The first-order valence-electron chi connectivity index (χ1n) is 8.10. The van der Waals surface area contributed by atoms with E-state index in [1.807, 2.05) is 15.6 Å². The normalized spacial score (nSPS) is 23.4. The highest BCUT2D eigenvalue weighted by atomic mass is 16.5. The van der Waals surface area contributed by atoms with Gasteiger partial charge in [-0.3, -0.25) is 9.89 Å². The molecule has 0 saturated carbocycles. The summed E-state index contributed by atoms with van der Waals surface area (Å²) in [5.41, 5.74) is 2.50. The zero-order valence-electron chi connectivity index (χ0n) is 13.1. The molecule has 0 unspecified atom stereocenters. The van der Waals surface area contributed by atoms with Crippen LogP contribution < -0.4 is 0 Å². The maximum Gasteiger partial charge on any atom is 0.274 e. The molecule has 2 aromatic heterocycles. The summed E-state index contributed by atoms with van der Waals surface area (Å²) in [6.07, 6.45) is 4.46. The van der Waals surface area contributed by atoms with Gasteiger partial charge in [-0.15, -0.1) is 5.10 Å². The predicted molar refractivity (Wildman–Crippen MR) is 80.7 cm³/mol. The van der Waals surface area contributed by atoms with Gasteiger partial charge in [-0.25, -0.2) is 4.68 Å². The second-order valence-electron chi connectivity index (χ2n) is 6.15. The number of H-pyrrole nitrogens is 1. The van der Waals surface area contributed by atoms with Crippen molar-refractivity contribution in [2.75, 3.05) is 13.1 Å². The van der Waals surface area contributed by atoms with E-state index in [2.05, 4.69) is 27.4 Å². The number of nitrogens with one attached hydrogen (secondary N) is 1. The number of aryl methyl sites for hydroxylation is 1.